The molecule has 1 N–H and O–H groups in total. The van der Waals surface area contributed by atoms with Crippen LogP contribution in [0.2, 0.25) is 0 Å². The first kappa shape index (κ1) is 24.0. The number of aromatic hydroxyl groups is 1. The molecule has 0 radical (unpaired) electrons. The van der Waals surface area contributed by atoms with Gasteiger partial charge in [0, 0.05) is 10.9 Å². The van der Waals surface area contributed by atoms with E-state index in [0.717, 1.165) is 17.2 Å². The molecule has 0 amide bonds. The zero-order valence-electron chi connectivity index (χ0n) is 14.8. The summed E-state index contributed by atoms with van der Waals surface area (Å²) in [5, 5.41) is 11.3. The summed E-state index contributed by atoms with van der Waals surface area (Å²) in [6.45, 7) is 7.80. The summed E-state index contributed by atoms with van der Waals surface area (Å²) >= 11 is -0.826. The maximum atomic E-state index is 13.1. The Balaban J connectivity index is 0.00000105. The monoisotopic (exact) mass is 500 g/mol. The Morgan fingerprint density at radius 2 is 1.50 bits per heavy atom. The van der Waals surface area contributed by atoms with Crippen molar-refractivity contribution in [2.24, 2.45) is 0 Å². The van der Waals surface area contributed by atoms with Crippen LogP contribution in [0.15, 0.2) is 36.4 Å². The second-order valence-corrected chi connectivity index (χ2v) is 11.8. The number of phenolic OH excluding ortho intramolecular Hbond substituents is 1. The molecule has 2 aromatic rings. The van der Waals surface area contributed by atoms with E-state index < -0.39 is 32.6 Å². The van der Waals surface area contributed by atoms with Crippen LogP contribution in [0.4, 0.5) is 13.2 Å². The van der Waals surface area contributed by atoms with Crippen molar-refractivity contribution in [2.45, 2.75) is 39.3 Å². The summed E-state index contributed by atoms with van der Waals surface area (Å²) in [4.78, 5) is 0. The summed E-state index contributed by atoms with van der Waals surface area (Å²) in [6.07, 6.45) is -4.39. The molecule has 8 heteroatoms. The van der Waals surface area contributed by atoms with Gasteiger partial charge in [-0.15, -0.1) is 0 Å². The average molecular weight is 502 g/mol. The van der Waals surface area contributed by atoms with Gasteiger partial charge in [0.05, 0.1) is 5.56 Å². The van der Waals surface area contributed by atoms with E-state index in [4.69, 9.17) is 17.0 Å². The Hall–Kier alpha value is -0.0769. The van der Waals surface area contributed by atoms with Gasteiger partial charge in [-0.2, -0.15) is 13.2 Å². The minimum atomic E-state index is -4.39. The van der Waals surface area contributed by atoms with Gasteiger partial charge in [-0.3, -0.25) is 0 Å². The molecule has 0 aliphatic heterocycles. The topological polar surface area (TPSA) is 20.2 Å². The first-order chi connectivity index (χ1) is 11.9. The van der Waals surface area contributed by atoms with E-state index in [1.54, 1.807) is 12.1 Å². The fourth-order valence-corrected chi connectivity index (χ4v) is 3.81. The van der Waals surface area contributed by atoms with Crippen LogP contribution in [-0.4, -0.2) is 5.11 Å². The van der Waals surface area contributed by atoms with Crippen LogP contribution in [0.5, 0.6) is 5.75 Å². The van der Waals surface area contributed by atoms with E-state index in [9.17, 15) is 18.3 Å². The number of benzene rings is 2. The number of hydrogen-bond acceptors (Lipinski definition) is 1. The quantitative estimate of drug-likeness (QED) is 0.498. The van der Waals surface area contributed by atoms with Gasteiger partial charge in [-0.05, 0) is 35.3 Å². The standard InChI is InChI=1S/C18H20F3OP.2ClH.Zr/c1-11-9-13(17(2,3)4)16(22)15(10-11)23-14-8-6-5-7-12(14)18(19,20)21;;;/h5-10,22-23H,1-4H3;2*1H;/q;;;+2/p-2. The van der Waals surface area contributed by atoms with E-state index in [2.05, 4.69) is 0 Å². The van der Waals surface area contributed by atoms with Gasteiger partial charge in [0.2, 0.25) is 0 Å². The molecule has 0 saturated carbocycles. The average Bonchev–Trinajstić information content (AvgIpc) is 2.50. The van der Waals surface area contributed by atoms with Crippen molar-refractivity contribution in [3.05, 3.63) is 53.1 Å². The Labute approximate surface area is 172 Å². The molecule has 0 aromatic heterocycles. The van der Waals surface area contributed by atoms with E-state index in [-0.39, 0.29) is 25.0 Å². The molecule has 0 bridgehead atoms. The van der Waals surface area contributed by atoms with Gasteiger partial charge >= 0.3 is 44.1 Å². The molecule has 26 heavy (non-hydrogen) atoms. The number of halogens is 5. The van der Waals surface area contributed by atoms with E-state index in [0.29, 0.717) is 5.30 Å². The number of alkyl halides is 3. The van der Waals surface area contributed by atoms with Gasteiger partial charge in [0.15, 0.2) is 0 Å². The van der Waals surface area contributed by atoms with Crippen molar-refractivity contribution in [2.75, 3.05) is 0 Å². The van der Waals surface area contributed by atoms with E-state index in [1.807, 2.05) is 33.8 Å². The third kappa shape index (κ3) is 6.82. The van der Waals surface area contributed by atoms with E-state index in [1.165, 1.54) is 12.1 Å². The predicted molar refractivity (Wildman–Crippen MR) is 102 cm³/mol. The Bertz CT molecular complexity index is 746. The molecule has 2 rings (SSSR count). The van der Waals surface area contributed by atoms with Crippen molar-refractivity contribution < 1.29 is 39.1 Å². The Morgan fingerprint density at radius 1 is 0.962 bits per heavy atom. The zero-order valence-corrected chi connectivity index (χ0v) is 19.8. The van der Waals surface area contributed by atoms with Crippen LogP contribution >= 0.6 is 25.6 Å². The molecule has 0 saturated heterocycles. The number of rotatable bonds is 2. The fraction of sp³-hybridized carbons (Fsp3) is 0.333. The van der Waals surface area contributed by atoms with Crippen molar-refractivity contribution in [3.8, 4) is 5.75 Å². The fourth-order valence-electron chi connectivity index (χ4n) is 2.43. The Kier molecular flexibility index (Phi) is 9.14. The summed E-state index contributed by atoms with van der Waals surface area (Å²) in [5.41, 5.74) is 0.763. The third-order valence-electron chi connectivity index (χ3n) is 3.56. The van der Waals surface area contributed by atoms with Gasteiger partial charge in [0.1, 0.15) is 5.75 Å². The van der Waals surface area contributed by atoms with Crippen LogP contribution in [0.3, 0.4) is 0 Å². The van der Waals surface area contributed by atoms with Crippen LogP contribution < -0.4 is 10.6 Å². The molecule has 0 aliphatic carbocycles. The molecule has 1 nitrogen and oxygen atoms in total. The summed E-state index contributed by atoms with van der Waals surface area (Å²) in [5.74, 6) is 0.0958. The number of aryl methyl sites for hydroxylation is 1. The van der Waals surface area contributed by atoms with Gasteiger partial charge in [-0.25, -0.2) is 0 Å². The molecule has 1 unspecified atom stereocenters. The third-order valence-corrected chi connectivity index (χ3v) is 4.92. The van der Waals surface area contributed by atoms with Crippen molar-refractivity contribution in [1.82, 2.24) is 0 Å². The normalized spacial score (nSPS) is 12.0. The molecular formula is C18H20Cl2F3OPZr. The molecule has 0 fully saturated rings. The number of phenols is 1. The van der Waals surface area contributed by atoms with Crippen LogP contribution in [0.1, 0.15) is 37.5 Å². The van der Waals surface area contributed by atoms with Crippen molar-refractivity contribution >= 4 is 36.2 Å². The first-order valence-corrected chi connectivity index (χ1v) is 15.0. The van der Waals surface area contributed by atoms with Crippen LogP contribution in [0, 0.1) is 6.92 Å². The zero-order chi connectivity index (χ0) is 20.1. The van der Waals surface area contributed by atoms with Crippen molar-refractivity contribution in [3.63, 3.8) is 0 Å². The van der Waals surface area contributed by atoms with E-state index >= 15 is 0 Å². The molecular weight excluding hydrogens is 482 g/mol. The maximum absolute atomic E-state index is 13.1. The molecule has 0 spiro atoms. The molecule has 0 heterocycles. The molecule has 0 aliphatic rings. The van der Waals surface area contributed by atoms with Gasteiger partial charge in [0.25, 0.3) is 0 Å². The Morgan fingerprint density at radius 3 is 2.00 bits per heavy atom. The first-order valence-electron chi connectivity index (χ1n) is 7.65. The molecule has 142 valence electrons. The number of hydrogen-bond donors (Lipinski definition) is 1. The predicted octanol–water partition coefficient (Wildman–Crippen LogP) is 6.02. The summed E-state index contributed by atoms with van der Waals surface area (Å²) < 4.78 is 39.4. The summed E-state index contributed by atoms with van der Waals surface area (Å²) in [7, 11) is 9.62. The van der Waals surface area contributed by atoms with Gasteiger partial charge < -0.3 is 5.11 Å². The SMILES string of the molecule is Cc1cc(Pc2ccccc2C(F)(F)F)c(O)c(C(C)(C)C)c1.[Cl][Zr][Cl]. The minimum absolute atomic E-state index is 0.0958. The molecule has 2 aromatic carbocycles. The van der Waals surface area contributed by atoms with Gasteiger partial charge in [-0.1, -0.05) is 53.6 Å². The van der Waals surface area contributed by atoms with Crippen LogP contribution in [0.25, 0.3) is 0 Å². The second kappa shape index (κ2) is 9.92. The van der Waals surface area contributed by atoms with Crippen molar-refractivity contribution in [1.29, 1.82) is 0 Å². The van der Waals surface area contributed by atoms with Crippen LogP contribution in [-0.2, 0) is 32.4 Å². The summed E-state index contributed by atoms with van der Waals surface area (Å²) in [6, 6.07) is 9.18. The second-order valence-electron chi connectivity index (χ2n) is 6.70. The molecule has 1 atom stereocenters.